The third-order valence-electron chi connectivity index (χ3n) is 23.2. The van der Waals surface area contributed by atoms with Crippen LogP contribution in [0, 0.1) is 45.9 Å². The fourth-order valence-electron chi connectivity index (χ4n) is 18.3. The van der Waals surface area contributed by atoms with Crippen molar-refractivity contribution in [3.05, 3.63) is 144 Å². The molecule has 8 aromatic carbocycles. The summed E-state index contributed by atoms with van der Waals surface area (Å²) in [7, 11) is -8.42. The van der Waals surface area contributed by atoms with E-state index in [1.807, 2.05) is 48.5 Å². The number of hydrogen-bond donors (Lipinski definition) is 0. The highest BCUT2D eigenvalue weighted by atomic mass is 28.3. The number of hydrogen-bond acceptors (Lipinski definition) is 8. The number of benzene rings is 8. The lowest BCUT2D eigenvalue weighted by atomic mass is 10.0. The molecule has 100 heavy (non-hydrogen) atoms. The Labute approximate surface area is 600 Å². The van der Waals surface area contributed by atoms with Crippen LogP contribution in [0.2, 0.25) is 66.5 Å². The van der Waals surface area contributed by atoms with Gasteiger partial charge in [-0.15, -0.1) is 22.2 Å². The maximum Gasteiger partial charge on any atom is 0.146 e. The van der Waals surface area contributed by atoms with Crippen molar-refractivity contribution in [2.75, 3.05) is 0 Å². The lowest BCUT2D eigenvalue weighted by molar-refractivity contribution is 0.838. The minimum Gasteiger partial charge on any atom is -0.243 e. The summed E-state index contributed by atoms with van der Waals surface area (Å²) >= 11 is 0. The normalized spacial score (nSPS) is 12.8. The van der Waals surface area contributed by atoms with E-state index in [4.69, 9.17) is 39.9 Å². The molecule has 0 amide bonds. The van der Waals surface area contributed by atoms with Gasteiger partial charge in [0.05, 0.1) is 66.4 Å². The Bertz CT molecular complexity index is 5020. The summed E-state index contributed by atoms with van der Waals surface area (Å²) in [5.41, 5.74) is 38.2. The van der Waals surface area contributed by atoms with Crippen LogP contribution in [0.3, 0.4) is 0 Å². The molecule has 0 N–H and O–H groups in total. The van der Waals surface area contributed by atoms with Gasteiger partial charge in [-0.3, -0.25) is 0 Å². The molecule has 0 bridgehead atoms. The quantitative estimate of drug-likeness (QED) is 0.0516. The smallest absolute Gasteiger partial charge is 0.146 e. The summed E-state index contributed by atoms with van der Waals surface area (Å²) in [6.45, 7) is 56.6. The summed E-state index contributed by atoms with van der Waals surface area (Å²) in [5.74, 6) is 15.2. The first-order valence-electron chi connectivity index (χ1n) is 37.0. The van der Waals surface area contributed by atoms with Crippen LogP contribution >= 0.6 is 0 Å². The molecule has 4 heterocycles. The van der Waals surface area contributed by atoms with Crippen LogP contribution in [0.1, 0.15) is 188 Å². The lowest BCUT2D eigenvalue weighted by Crippen LogP contribution is -2.43. The molecular formula is C88H104N8Si4. The summed E-state index contributed by atoms with van der Waals surface area (Å²) in [6, 6.07) is 41.6. The molecule has 0 spiro atoms. The number of aromatic nitrogens is 8. The van der Waals surface area contributed by atoms with Crippen molar-refractivity contribution in [3.63, 3.8) is 0 Å². The van der Waals surface area contributed by atoms with Gasteiger partial charge in [-0.2, -0.15) is 0 Å². The van der Waals surface area contributed by atoms with Gasteiger partial charge < -0.3 is 0 Å². The van der Waals surface area contributed by atoms with Crippen LogP contribution < -0.4 is 0 Å². The molecule has 0 fully saturated rings. The van der Waals surface area contributed by atoms with E-state index in [9.17, 15) is 0 Å². The maximum absolute atomic E-state index is 5.51. The van der Waals surface area contributed by atoms with Gasteiger partial charge in [0, 0.05) is 10.8 Å². The van der Waals surface area contributed by atoms with E-state index in [0.717, 1.165) is 132 Å². The van der Waals surface area contributed by atoms with Gasteiger partial charge in [-0.1, -0.05) is 275 Å². The molecule has 0 saturated heterocycles. The van der Waals surface area contributed by atoms with E-state index >= 15 is 0 Å². The molecule has 512 valence electrons. The Balaban J connectivity index is 0.000000202. The lowest BCUT2D eigenvalue weighted by Gasteiger charge is -2.38. The fraction of sp³-hybridized carbons (Fsp3) is 0.409. The number of para-hydroxylation sites is 4. The zero-order chi connectivity index (χ0) is 72.2. The summed E-state index contributed by atoms with van der Waals surface area (Å²) < 4.78 is 0. The average molecular weight is 1390 g/mol. The fourth-order valence-corrected chi connectivity index (χ4v) is 39.1. The van der Waals surface area contributed by atoms with Crippen LogP contribution in [0.4, 0.5) is 0 Å². The zero-order valence-electron chi connectivity index (χ0n) is 64.1. The Hall–Kier alpha value is -8.21. The molecule has 0 aliphatic rings. The summed E-state index contributed by atoms with van der Waals surface area (Å²) in [6.07, 6.45) is 0. The van der Waals surface area contributed by atoms with Crippen LogP contribution in [-0.2, 0) is 0 Å². The van der Waals surface area contributed by atoms with Crippen molar-refractivity contribution < 1.29 is 0 Å². The van der Waals surface area contributed by atoms with E-state index in [1.165, 1.54) is 0 Å². The van der Waals surface area contributed by atoms with Crippen molar-refractivity contribution in [1.29, 1.82) is 0 Å². The molecule has 0 radical (unpaired) electrons. The second-order valence-corrected chi connectivity index (χ2v) is 54.4. The summed E-state index contributed by atoms with van der Waals surface area (Å²) in [5, 5.41) is 4.44. The Morgan fingerprint density at radius 1 is 0.200 bits per heavy atom. The topological polar surface area (TPSA) is 103 Å². The minimum absolute atomic E-state index is 0.488. The predicted molar refractivity (Wildman–Crippen MR) is 442 cm³/mol. The maximum atomic E-state index is 5.51. The van der Waals surface area contributed by atoms with Crippen molar-refractivity contribution >= 4 is 142 Å². The molecule has 0 aliphatic heterocycles. The van der Waals surface area contributed by atoms with Gasteiger partial charge in [-0.05, 0) is 114 Å². The van der Waals surface area contributed by atoms with Gasteiger partial charge in [0.15, 0.2) is 0 Å². The zero-order valence-corrected chi connectivity index (χ0v) is 68.1. The van der Waals surface area contributed by atoms with E-state index in [1.54, 1.807) is 0 Å². The van der Waals surface area contributed by atoms with Crippen LogP contribution in [0.5, 0.6) is 0 Å². The molecule has 8 nitrogen and oxygen atoms in total. The first-order chi connectivity index (χ1) is 47.5. The largest absolute Gasteiger partial charge is 0.243 e. The molecular weight excluding hydrogens is 1280 g/mol. The van der Waals surface area contributed by atoms with E-state index in [2.05, 4.69) is 285 Å². The first kappa shape index (κ1) is 73.0. The molecule has 12 aromatic rings. The number of nitrogens with zero attached hydrogens (tertiary/aromatic N) is 8. The Kier molecular flexibility index (Phi) is 20.9. The molecule has 0 saturated carbocycles. The van der Waals surface area contributed by atoms with Gasteiger partial charge in [-0.25, -0.2) is 39.9 Å². The van der Waals surface area contributed by atoms with Gasteiger partial charge in [0.2, 0.25) is 0 Å². The molecule has 0 atom stereocenters. The van der Waals surface area contributed by atoms with Crippen molar-refractivity contribution in [3.8, 4) is 45.9 Å². The van der Waals surface area contributed by atoms with Gasteiger partial charge in [0.1, 0.15) is 76.4 Å². The molecule has 12 heteroatoms. The SMILES string of the molecule is CC(C)[Si](C#Cc1c2nc3ccccc3nc2c(C#C[Si](C(C)C)(C(C)C)C(C)C)c2nc3c(ccc4ccccc43)nc12)(C(C)C)C(C)C.CC(C)[Si](C#Cc1c2nc3ccccc3nc2c(C#C[Si](C(C)C)(C(C)C)C(C)C)c2nc3c(ccc4ccccc43)nc12)(C(C)C)C(C)C. The predicted octanol–water partition coefficient (Wildman–Crippen LogP) is 24.3. The molecule has 4 aromatic heterocycles. The third kappa shape index (κ3) is 12.5. The third-order valence-corrected chi connectivity index (χ3v) is 48.4. The molecule has 0 aliphatic carbocycles. The Morgan fingerprint density at radius 2 is 0.390 bits per heavy atom. The van der Waals surface area contributed by atoms with Crippen molar-refractivity contribution in [2.45, 2.75) is 233 Å². The highest BCUT2D eigenvalue weighted by Crippen LogP contribution is 2.46. The molecule has 12 rings (SSSR count). The van der Waals surface area contributed by atoms with E-state index in [-0.39, 0.29) is 0 Å². The van der Waals surface area contributed by atoms with Crippen LogP contribution in [0.15, 0.2) is 121 Å². The number of rotatable bonds is 12. The standard InChI is InChI=1S/2C44H52N4Si2/c2*1-27(2)49(28(3)4,29(5)6)25-23-35-41-42(46-38-20-16-15-19-37(38)45-41)36(24-26-50(30(7)8,31(9)10)32(11)12)44-43(35)47-39-22-21-33-17-13-14-18-34(33)40(39)48-44/h2*13-22,27-32H,1-12H3. The van der Waals surface area contributed by atoms with Gasteiger partial charge in [0.25, 0.3) is 0 Å². The average Bonchev–Trinajstić information content (AvgIpc) is 0.728. The second-order valence-electron chi connectivity index (χ2n) is 32.1. The van der Waals surface area contributed by atoms with Crippen molar-refractivity contribution in [1.82, 2.24) is 39.9 Å². The van der Waals surface area contributed by atoms with E-state index < -0.39 is 32.3 Å². The number of fused-ring (bicyclic) bond motifs is 12. The van der Waals surface area contributed by atoms with Crippen LogP contribution in [-0.4, -0.2) is 72.2 Å². The molecule has 0 unspecified atom stereocenters. The summed E-state index contributed by atoms with van der Waals surface area (Å²) in [4.78, 5) is 43.2. The highest BCUT2D eigenvalue weighted by molar-refractivity contribution is 6.92. The first-order valence-corrected chi connectivity index (χ1v) is 46.0. The highest BCUT2D eigenvalue weighted by Gasteiger charge is 2.45. The minimum atomic E-state index is -2.11. The second kappa shape index (κ2) is 28.7. The van der Waals surface area contributed by atoms with E-state index in [0.29, 0.717) is 66.5 Å². The van der Waals surface area contributed by atoms with Crippen LogP contribution in [0.25, 0.3) is 110 Å². The Morgan fingerprint density at radius 3 is 0.610 bits per heavy atom. The van der Waals surface area contributed by atoms with Gasteiger partial charge >= 0.3 is 0 Å². The monoisotopic (exact) mass is 1380 g/mol. The van der Waals surface area contributed by atoms with Crippen molar-refractivity contribution in [2.24, 2.45) is 0 Å².